The van der Waals surface area contributed by atoms with Gasteiger partial charge < -0.3 is 10.2 Å². The molecule has 1 saturated carbocycles. The minimum absolute atomic E-state index is 0.272. The van der Waals surface area contributed by atoms with Crippen LogP contribution in [0, 0.1) is 0 Å². The highest BCUT2D eigenvalue weighted by molar-refractivity contribution is 5.47. The van der Waals surface area contributed by atoms with Crippen molar-refractivity contribution >= 4 is 0 Å². The Kier molecular flexibility index (Phi) is 4.97. The van der Waals surface area contributed by atoms with Gasteiger partial charge in [-0.15, -0.1) is 0 Å². The van der Waals surface area contributed by atoms with Crippen LogP contribution in [0.4, 0.5) is 0 Å². The number of hydrogen-bond acceptors (Lipinski definition) is 2. The molecule has 2 heteroatoms. The van der Waals surface area contributed by atoms with Crippen LogP contribution in [-0.2, 0) is 11.2 Å². The maximum absolute atomic E-state index is 12.6. The lowest BCUT2D eigenvalue weighted by Crippen LogP contribution is -2.50. The fraction of sp³-hybridized carbons (Fsp3) is 0.172. The van der Waals surface area contributed by atoms with Gasteiger partial charge in [0.1, 0.15) is 11.2 Å². The molecule has 0 unspecified atom stereocenters. The molecular formula is C29H26O2. The molecule has 31 heavy (non-hydrogen) atoms. The van der Waals surface area contributed by atoms with E-state index in [0.29, 0.717) is 6.42 Å². The van der Waals surface area contributed by atoms with Crippen molar-refractivity contribution in [1.29, 1.82) is 0 Å². The molecule has 5 rings (SSSR count). The molecule has 154 valence electrons. The minimum Gasteiger partial charge on any atom is -0.381 e. The Bertz CT molecular complexity index is 1040. The molecule has 0 bridgehead atoms. The summed E-state index contributed by atoms with van der Waals surface area (Å²) in [4.78, 5) is 0. The van der Waals surface area contributed by atoms with E-state index in [4.69, 9.17) is 0 Å². The van der Waals surface area contributed by atoms with E-state index in [1.54, 1.807) is 0 Å². The van der Waals surface area contributed by atoms with Crippen LogP contribution < -0.4 is 0 Å². The highest BCUT2D eigenvalue weighted by Crippen LogP contribution is 2.64. The fourth-order valence-corrected chi connectivity index (χ4v) is 5.46. The van der Waals surface area contributed by atoms with Crippen molar-refractivity contribution in [2.24, 2.45) is 0 Å². The normalized spacial score (nSPS) is 27.8. The predicted octanol–water partition coefficient (Wildman–Crippen LogP) is 5.73. The first kappa shape index (κ1) is 19.7. The molecule has 1 aliphatic rings. The predicted molar refractivity (Wildman–Crippen MR) is 124 cm³/mol. The Morgan fingerprint density at radius 1 is 0.452 bits per heavy atom. The molecule has 0 saturated heterocycles. The first-order valence-corrected chi connectivity index (χ1v) is 10.8. The van der Waals surface area contributed by atoms with Gasteiger partial charge in [-0.3, -0.25) is 0 Å². The second kappa shape index (κ2) is 7.81. The van der Waals surface area contributed by atoms with Crippen molar-refractivity contribution in [3.05, 3.63) is 144 Å². The fourth-order valence-electron chi connectivity index (χ4n) is 5.46. The van der Waals surface area contributed by atoms with Crippen LogP contribution in [0.25, 0.3) is 0 Å². The number of rotatable bonds is 4. The van der Waals surface area contributed by atoms with Gasteiger partial charge in [-0.25, -0.2) is 0 Å². The molecule has 0 aromatic heterocycles. The maximum Gasteiger partial charge on any atom is 0.130 e. The lowest BCUT2D eigenvalue weighted by Gasteiger charge is -2.44. The topological polar surface area (TPSA) is 40.5 Å². The van der Waals surface area contributed by atoms with Crippen LogP contribution in [0.3, 0.4) is 0 Å². The van der Waals surface area contributed by atoms with Crippen LogP contribution in [0.1, 0.15) is 40.5 Å². The summed E-state index contributed by atoms with van der Waals surface area (Å²) in [6.07, 6.45) is 0.630. The SMILES string of the molecule is O[C@]1(c2ccccc2)[C@@H](c2ccccc2)C[C@@H](c2ccccc2)[C@]1(O)c1ccccc1. The minimum atomic E-state index is -1.50. The second-order valence-corrected chi connectivity index (χ2v) is 8.43. The molecule has 1 fully saturated rings. The van der Waals surface area contributed by atoms with Gasteiger partial charge in [-0.05, 0) is 28.7 Å². The first-order chi connectivity index (χ1) is 15.2. The van der Waals surface area contributed by atoms with Crippen molar-refractivity contribution in [2.45, 2.75) is 29.5 Å². The maximum atomic E-state index is 12.6. The number of benzene rings is 4. The highest BCUT2D eigenvalue weighted by atomic mass is 16.4. The Morgan fingerprint density at radius 2 is 0.742 bits per heavy atom. The zero-order valence-electron chi connectivity index (χ0n) is 17.3. The van der Waals surface area contributed by atoms with Crippen LogP contribution in [0.5, 0.6) is 0 Å². The summed E-state index contributed by atoms with van der Waals surface area (Å²) >= 11 is 0. The summed E-state index contributed by atoms with van der Waals surface area (Å²) < 4.78 is 0. The number of hydrogen-bond donors (Lipinski definition) is 2. The molecular weight excluding hydrogens is 380 g/mol. The largest absolute Gasteiger partial charge is 0.381 e. The van der Waals surface area contributed by atoms with Gasteiger partial charge >= 0.3 is 0 Å². The Hall–Kier alpha value is -3.20. The lowest BCUT2D eigenvalue weighted by molar-refractivity contribution is -0.158. The summed E-state index contributed by atoms with van der Waals surface area (Å²) in [6, 6.07) is 39.5. The van der Waals surface area contributed by atoms with Crippen LogP contribution >= 0.6 is 0 Å². The van der Waals surface area contributed by atoms with Crippen molar-refractivity contribution in [1.82, 2.24) is 0 Å². The smallest absolute Gasteiger partial charge is 0.130 e. The van der Waals surface area contributed by atoms with E-state index in [1.165, 1.54) is 0 Å². The third kappa shape index (κ3) is 3.03. The summed E-state index contributed by atoms with van der Waals surface area (Å²) in [5.74, 6) is -0.543. The lowest BCUT2D eigenvalue weighted by atomic mass is 9.67. The van der Waals surface area contributed by atoms with E-state index in [1.807, 2.05) is 97.1 Å². The van der Waals surface area contributed by atoms with Gasteiger partial charge in [0, 0.05) is 11.8 Å². The van der Waals surface area contributed by atoms with Gasteiger partial charge in [0.05, 0.1) is 0 Å². The molecule has 2 nitrogen and oxygen atoms in total. The second-order valence-electron chi connectivity index (χ2n) is 8.43. The van der Waals surface area contributed by atoms with Crippen molar-refractivity contribution in [2.75, 3.05) is 0 Å². The van der Waals surface area contributed by atoms with Gasteiger partial charge in [0.2, 0.25) is 0 Å². The van der Waals surface area contributed by atoms with Gasteiger partial charge in [0.15, 0.2) is 0 Å². The average Bonchev–Trinajstić information content (AvgIpc) is 3.10. The van der Waals surface area contributed by atoms with E-state index in [2.05, 4.69) is 24.3 Å². The van der Waals surface area contributed by atoms with Crippen molar-refractivity contribution in [3.63, 3.8) is 0 Å². The molecule has 0 aliphatic heterocycles. The summed E-state index contributed by atoms with van der Waals surface area (Å²) in [5, 5.41) is 25.3. The molecule has 0 heterocycles. The molecule has 0 spiro atoms. The van der Waals surface area contributed by atoms with Crippen molar-refractivity contribution in [3.8, 4) is 0 Å². The van der Waals surface area contributed by atoms with E-state index in [0.717, 1.165) is 22.3 Å². The quantitative estimate of drug-likeness (QED) is 0.454. The van der Waals surface area contributed by atoms with Gasteiger partial charge in [-0.1, -0.05) is 121 Å². The molecule has 0 radical (unpaired) electrons. The third-order valence-corrected chi connectivity index (χ3v) is 6.89. The molecule has 1 aliphatic carbocycles. The molecule has 0 amide bonds. The number of aliphatic hydroxyl groups is 2. The summed E-state index contributed by atoms with van der Waals surface area (Å²) in [7, 11) is 0. The molecule has 2 N–H and O–H groups in total. The van der Waals surface area contributed by atoms with E-state index in [-0.39, 0.29) is 11.8 Å². The van der Waals surface area contributed by atoms with E-state index in [9.17, 15) is 10.2 Å². The first-order valence-electron chi connectivity index (χ1n) is 10.8. The Balaban J connectivity index is 1.81. The Labute approximate surface area is 183 Å². The van der Waals surface area contributed by atoms with Crippen LogP contribution in [0.2, 0.25) is 0 Å². The summed E-state index contributed by atoms with van der Waals surface area (Å²) in [5.41, 5.74) is 0.514. The van der Waals surface area contributed by atoms with E-state index < -0.39 is 11.2 Å². The monoisotopic (exact) mass is 406 g/mol. The third-order valence-electron chi connectivity index (χ3n) is 6.89. The zero-order chi connectivity index (χ0) is 21.3. The Morgan fingerprint density at radius 3 is 1.06 bits per heavy atom. The van der Waals surface area contributed by atoms with Crippen LogP contribution in [0.15, 0.2) is 121 Å². The average molecular weight is 407 g/mol. The van der Waals surface area contributed by atoms with E-state index >= 15 is 0 Å². The zero-order valence-corrected chi connectivity index (χ0v) is 17.3. The molecule has 4 atom stereocenters. The molecule has 4 aromatic carbocycles. The van der Waals surface area contributed by atoms with Crippen LogP contribution in [-0.4, -0.2) is 10.2 Å². The van der Waals surface area contributed by atoms with Crippen molar-refractivity contribution < 1.29 is 10.2 Å². The standard InChI is InChI=1S/C29H26O2/c30-28(24-17-9-3-10-18-24)26(22-13-5-1-6-14-22)21-27(23-15-7-2-8-16-23)29(28,31)25-19-11-4-12-20-25/h1-20,26-27,30-31H,21H2/t26-,27+,28-,29-/m1/s1. The highest BCUT2D eigenvalue weighted by Gasteiger charge is 2.66. The summed E-state index contributed by atoms with van der Waals surface area (Å²) in [6.45, 7) is 0. The van der Waals surface area contributed by atoms with Gasteiger partial charge in [0.25, 0.3) is 0 Å². The van der Waals surface area contributed by atoms with Gasteiger partial charge in [-0.2, -0.15) is 0 Å². The molecule has 4 aromatic rings.